The zero-order valence-electron chi connectivity index (χ0n) is 7.47. The molecule has 0 unspecified atom stereocenters. The molecule has 1 aromatic rings. The van der Waals surface area contributed by atoms with Gasteiger partial charge in [-0.3, -0.25) is 0 Å². The molecular weight excluding hydrogens is 200 g/mol. The van der Waals surface area contributed by atoms with E-state index < -0.39 is 0 Å². The van der Waals surface area contributed by atoms with Gasteiger partial charge in [-0.25, -0.2) is 0 Å². The summed E-state index contributed by atoms with van der Waals surface area (Å²) in [6.07, 6.45) is 0.799. The molecule has 0 bridgehead atoms. The molecule has 2 heteroatoms. The molecule has 68 valence electrons. The first-order valence-electron chi connectivity index (χ1n) is 4.10. The van der Waals surface area contributed by atoms with Gasteiger partial charge >= 0.3 is 0 Å². The Labute approximate surface area is 89.7 Å². The molecule has 0 spiro atoms. The van der Waals surface area contributed by atoms with Crippen molar-refractivity contribution in [1.29, 1.82) is 0 Å². The molecule has 0 aliphatic carbocycles. The molecule has 0 atom stereocenters. The van der Waals surface area contributed by atoms with Gasteiger partial charge in [0.2, 0.25) is 0 Å². The van der Waals surface area contributed by atoms with Crippen LogP contribution in [0.3, 0.4) is 0 Å². The van der Waals surface area contributed by atoms with Crippen LogP contribution in [0, 0.1) is 18.8 Å². The van der Waals surface area contributed by atoms with Crippen molar-refractivity contribution >= 4 is 24.2 Å². The molecule has 0 N–H and O–H groups in total. The quantitative estimate of drug-likeness (QED) is 0.534. The van der Waals surface area contributed by atoms with Gasteiger partial charge in [0.15, 0.2) is 0 Å². The predicted molar refractivity (Wildman–Crippen MR) is 61.5 cm³/mol. The highest BCUT2D eigenvalue weighted by atomic mass is 35.5. The van der Waals surface area contributed by atoms with Crippen molar-refractivity contribution in [1.82, 2.24) is 0 Å². The smallest absolute Gasteiger partial charge is 0.0565 e. The van der Waals surface area contributed by atoms with E-state index in [4.69, 9.17) is 11.6 Å². The molecule has 0 aliphatic rings. The molecule has 0 radical (unpaired) electrons. The number of rotatable bonds is 1. The summed E-state index contributed by atoms with van der Waals surface area (Å²) in [7, 11) is 0. The molecule has 0 amide bonds. The molecule has 1 aromatic carbocycles. The molecule has 0 nitrogen and oxygen atoms in total. The van der Waals surface area contributed by atoms with Crippen molar-refractivity contribution in [3.8, 4) is 11.8 Å². The van der Waals surface area contributed by atoms with Gasteiger partial charge in [-0.2, -0.15) is 12.6 Å². The minimum absolute atomic E-state index is 0.728. The van der Waals surface area contributed by atoms with Crippen LogP contribution in [0.4, 0.5) is 0 Å². The molecule has 0 aromatic heterocycles. The Balaban J connectivity index is 2.85. The van der Waals surface area contributed by atoms with Gasteiger partial charge in [0.25, 0.3) is 0 Å². The fourth-order valence-corrected chi connectivity index (χ4v) is 1.33. The number of benzene rings is 1. The molecular formula is C11H11ClS. The van der Waals surface area contributed by atoms with Gasteiger partial charge < -0.3 is 0 Å². The van der Waals surface area contributed by atoms with Crippen LogP contribution in [-0.2, 0) is 0 Å². The number of hydrogen-bond acceptors (Lipinski definition) is 1. The second kappa shape index (κ2) is 5.21. The first kappa shape index (κ1) is 10.5. The summed E-state index contributed by atoms with van der Waals surface area (Å²) < 4.78 is 0. The van der Waals surface area contributed by atoms with E-state index in [1.165, 1.54) is 0 Å². The largest absolute Gasteiger partial charge is 0.178 e. The second-order valence-corrected chi connectivity index (χ2v) is 3.61. The second-order valence-electron chi connectivity index (χ2n) is 2.76. The number of hydrogen-bond donors (Lipinski definition) is 1. The molecule has 1 rings (SSSR count). The number of thiol groups is 1. The first-order valence-corrected chi connectivity index (χ1v) is 5.11. The van der Waals surface area contributed by atoms with Gasteiger partial charge in [0.1, 0.15) is 0 Å². The molecule has 0 heterocycles. The van der Waals surface area contributed by atoms with Crippen LogP contribution in [0.15, 0.2) is 18.2 Å². The van der Waals surface area contributed by atoms with Crippen molar-refractivity contribution in [2.75, 3.05) is 5.75 Å². The van der Waals surface area contributed by atoms with E-state index in [9.17, 15) is 0 Å². The van der Waals surface area contributed by atoms with Crippen molar-refractivity contribution in [2.24, 2.45) is 0 Å². The summed E-state index contributed by atoms with van der Waals surface area (Å²) in [5.74, 6) is 6.80. The average Bonchev–Trinajstić information content (AvgIpc) is 2.09. The van der Waals surface area contributed by atoms with Crippen molar-refractivity contribution < 1.29 is 0 Å². The van der Waals surface area contributed by atoms with Crippen LogP contribution in [0.2, 0.25) is 5.02 Å². The van der Waals surface area contributed by atoms with E-state index in [0.717, 1.165) is 28.3 Å². The maximum atomic E-state index is 5.99. The van der Waals surface area contributed by atoms with E-state index in [-0.39, 0.29) is 0 Å². The zero-order valence-corrected chi connectivity index (χ0v) is 9.12. The lowest BCUT2D eigenvalue weighted by Crippen LogP contribution is -1.79. The van der Waals surface area contributed by atoms with Crippen LogP contribution in [0.5, 0.6) is 0 Å². The van der Waals surface area contributed by atoms with Crippen molar-refractivity contribution in [3.63, 3.8) is 0 Å². The summed E-state index contributed by atoms with van der Waals surface area (Å²) >= 11 is 10.1. The third-order valence-corrected chi connectivity index (χ3v) is 2.12. The standard InChI is InChI=1S/C11H11ClS/c1-9-5-6-10(11(12)8-9)4-2-3-7-13/h5-6,8,13H,3,7H2,1H3. The van der Waals surface area contributed by atoms with Gasteiger partial charge in [0.05, 0.1) is 5.02 Å². The van der Waals surface area contributed by atoms with Crippen LogP contribution in [0.25, 0.3) is 0 Å². The van der Waals surface area contributed by atoms with Crippen LogP contribution < -0.4 is 0 Å². The third kappa shape index (κ3) is 3.34. The number of aryl methyl sites for hydroxylation is 1. The Morgan fingerprint density at radius 1 is 1.46 bits per heavy atom. The van der Waals surface area contributed by atoms with Gasteiger partial charge in [-0.1, -0.05) is 29.5 Å². The topological polar surface area (TPSA) is 0 Å². The summed E-state index contributed by atoms with van der Waals surface area (Å²) in [4.78, 5) is 0. The molecule has 13 heavy (non-hydrogen) atoms. The molecule has 0 saturated carbocycles. The van der Waals surface area contributed by atoms with E-state index in [0.29, 0.717) is 0 Å². The predicted octanol–water partition coefficient (Wildman–Crippen LogP) is 3.32. The van der Waals surface area contributed by atoms with E-state index in [2.05, 4.69) is 24.5 Å². The maximum absolute atomic E-state index is 5.99. The van der Waals surface area contributed by atoms with Crippen LogP contribution in [0.1, 0.15) is 17.5 Å². The van der Waals surface area contributed by atoms with Gasteiger partial charge in [-0.05, 0) is 24.6 Å². The minimum atomic E-state index is 0.728. The minimum Gasteiger partial charge on any atom is -0.178 e. The van der Waals surface area contributed by atoms with Crippen LogP contribution in [-0.4, -0.2) is 5.75 Å². The SMILES string of the molecule is Cc1ccc(C#CCCS)c(Cl)c1. The highest BCUT2D eigenvalue weighted by molar-refractivity contribution is 7.80. The van der Waals surface area contributed by atoms with E-state index in [1.54, 1.807) is 0 Å². The monoisotopic (exact) mass is 210 g/mol. The lowest BCUT2D eigenvalue weighted by molar-refractivity contribution is 1.31. The van der Waals surface area contributed by atoms with E-state index in [1.807, 2.05) is 25.1 Å². The Morgan fingerprint density at radius 3 is 2.85 bits per heavy atom. The van der Waals surface area contributed by atoms with E-state index >= 15 is 0 Å². The Hall–Kier alpha value is -0.580. The highest BCUT2D eigenvalue weighted by Gasteiger charge is 1.95. The molecule has 0 fully saturated rings. The summed E-state index contributed by atoms with van der Waals surface area (Å²) in [5, 5.41) is 0.728. The highest BCUT2D eigenvalue weighted by Crippen LogP contribution is 2.16. The number of halogens is 1. The zero-order chi connectivity index (χ0) is 9.68. The molecule has 0 aliphatic heterocycles. The van der Waals surface area contributed by atoms with Gasteiger partial charge in [0, 0.05) is 17.7 Å². The lowest BCUT2D eigenvalue weighted by Gasteiger charge is -1.96. The lowest BCUT2D eigenvalue weighted by atomic mass is 10.1. The van der Waals surface area contributed by atoms with Crippen LogP contribution >= 0.6 is 24.2 Å². The Bertz CT molecular complexity index is 347. The van der Waals surface area contributed by atoms with Gasteiger partial charge in [-0.15, -0.1) is 0 Å². The fourth-order valence-electron chi connectivity index (χ4n) is 0.935. The van der Waals surface area contributed by atoms with Crippen molar-refractivity contribution in [3.05, 3.63) is 34.3 Å². The summed E-state index contributed by atoms with van der Waals surface area (Å²) in [6, 6.07) is 5.88. The third-order valence-electron chi connectivity index (χ3n) is 1.58. The molecule has 0 saturated heterocycles. The summed E-state index contributed by atoms with van der Waals surface area (Å²) in [5.41, 5.74) is 2.05. The first-order chi connectivity index (χ1) is 6.24. The fraction of sp³-hybridized carbons (Fsp3) is 0.273. The average molecular weight is 211 g/mol. The maximum Gasteiger partial charge on any atom is 0.0565 e. The Morgan fingerprint density at radius 2 is 2.23 bits per heavy atom. The Kier molecular flexibility index (Phi) is 4.21. The normalized spacial score (nSPS) is 9.15. The van der Waals surface area contributed by atoms with Crippen molar-refractivity contribution in [2.45, 2.75) is 13.3 Å². The summed E-state index contributed by atoms with van der Waals surface area (Å²) in [6.45, 7) is 2.01.